The van der Waals surface area contributed by atoms with Gasteiger partial charge in [0.1, 0.15) is 0 Å². The molecule has 1 amide bonds. The van der Waals surface area contributed by atoms with Crippen molar-refractivity contribution >= 4 is 18.0 Å². The van der Waals surface area contributed by atoms with Gasteiger partial charge in [-0.2, -0.15) is 13.2 Å². The van der Waals surface area contributed by atoms with Crippen LogP contribution >= 0.6 is 0 Å². The molecule has 0 bridgehead atoms. The molecule has 1 aliphatic heterocycles. The number of aromatic amines is 1. The van der Waals surface area contributed by atoms with E-state index >= 15 is 0 Å². The van der Waals surface area contributed by atoms with Gasteiger partial charge in [0.25, 0.3) is 5.91 Å². The number of rotatable bonds is 4. The topological polar surface area (TPSA) is 91.9 Å². The molecule has 1 saturated carbocycles. The fourth-order valence-corrected chi connectivity index (χ4v) is 3.59. The maximum Gasteiger partial charge on any atom is 0.446 e. The van der Waals surface area contributed by atoms with Crippen LogP contribution in [-0.2, 0) is 11.2 Å². The third kappa shape index (κ3) is 5.36. The molecule has 0 saturated heterocycles. The minimum atomic E-state index is -4.64. The van der Waals surface area contributed by atoms with Crippen molar-refractivity contribution in [2.24, 2.45) is 5.92 Å². The van der Waals surface area contributed by atoms with E-state index < -0.39 is 12.5 Å². The Morgan fingerprint density at radius 2 is 1.76 bits per heavy atom. The third-order valence-corrected chi connectivity index (χ3v) is 5.42. The summed E-state index contributed by atoms with van der Waals surface area (Å²) in [5.74, 6) is 0.455. The van der Waals surface area contributed by atoms with Crippen molar-refractivity contribution in [1.82, 2.24) is 15.3 Å². The second-order valence-electron chi connectivity index (χ2n) is 7.89. The van der Waals surface area contributed by atoms with Gasteiger partial charge in [-0.15, -0.1) is 0 Å². The summed E-state index contributed by atoms with van der Waals surface area (Å²) in [4.78, 5) is 40.7. The molecule has 1 aliphatic carbocycles. The molecule has 33 heavy (non-hydrogen) atoms. The SMILES string of the molecule is O=C1NCCc2[nH]c(-c3ccnc(-c4ccc(C(=O)C5CC5)cc4)c3)cc21.O=CC(F)(F)F. The van der Waals surface area contributed by atoms with E-state index in [1.165, 1.54) is 0 Å². The average Bonchev–Trinajstić information content (AvgIpc) is 3.57. The standard InChI is InChI=1S/C22H19N3O2.C2HF3O/c26-21(15-5-6-15)14-3-1-13(2-4-14)19-11-16(7-9-23-19)20-12-17-18(25-20)8-10-24-22(17)27;3-2(4,5)1-6/h1-4,7,9,11-12,15,25H,5-6,8,10H2,(H,24,27);1H. The summed E-state index contributed by atoms with van der Waals surface area (Å²) in [6.45, 7) is 0.666. The lowest BCUT2D eigenvalue weighted by Gasteiger charge is -2.11. The Morgan fingerprint density at radius 3 is 2.36 bits per heavy atom. The Hall–Kier alpha value is -3.75. The summed E-state index contributed by atoms with van der Waals surface area (Å²) in [5.41, 5.74) is 6.20. The molecule has 2 aromatic heterocycles. The van der Waals surface area contributed by atoms with Gasteiger partial charge in [-0.05, 0) is 31.0 Å². The van der Waals surface area contributed by atoms with Gasteiger partial charge in [0.05, 0.1) is 11.3 Å². The van der Waals surface area contributed by atoms with E-state index in [9.17, 15) is 22.8 Å². The molecule has 0 atom stereocenters. The highest BCUT2D eigenvalue weighted by atomic mass is 19.4. The lowest BCUT2D eigenvalue weighted by molar-refractivity contribution is -0.156. The predicted octanol–water partition coefficient (Wildman–Crippen LogP) is 4.37. The molecular formula is C24H20F3N3O3. The van der Waals surface area contributed by atoms with Crippen molar-refractivity contribution in [2.45, 2.75) is 25.4 Å². The smallest absolute Gasteiger partial charge is 0.358 e. The largest absolute Gasteiger partial charge is 0.446 e. The molecule has 0 radical (unpaired) electrons. The number of benzene rings is 1. The van der Waals surface area contributed by atoms with Crippen molar-refractivity contribution in [3.05, 3.63) is 65.5 Å². The van der Waals surface area contributed by atoms with E-state index in [-0.39, 0.29) is 17.6 Å². The first-order chi connectivity index (χ1) is 15.7. The monoisotopic (exact) mass is 455 g/mol. The molecule has 5 rings (SSSR count). The normalized spacial score (nSPS) is 15.1. The first kappa shape index (κ1) is 22.4. The van der Waals surface area contributed by atoms with E-state index in [1.807, 2.05) is 42.5 Å². The second kappa shape index (κ2) is 9.01. The van der Waals surface area contributed by atoms with Crippen LogP contribution in [0, 0.1) is 5.92 Å². The van der Waals surface area contributed by atoms with Crippen LogP contribution in [0.5, 0.6) is 0 Å². The van der Waals surface area contributed by atoms with Crippen LogP contribution in [0.1, 0.15) is 39.3 Å². The van der Waals surface area contributed by atoms with E-state index in [4.69, 9.17) is 4.79 Å². The Balaban J connectivity index is 0.000000385. The van der Waals surface area contributed by atoms with Crippen LogP contribution in [-0.4, -0.2) is 40.7 Å². The highest BCUT2D eigenvalue weighted by Gasteiger charge is 2.30. The first-order valence-electron chi connectivity index (χ1n) is 10.4. The number of fused-ring (bicyclic) bond motifs is 1. The van der Waals surface area contributed by atoms with Crippen molar-refractivity contribution in [3.8, 4) is 22.5 Å². The number of hydrogen-bond acceptors (Lipinski definition) is 4. The quantitative estimate of drug-likeness (QED) is 0.452. The van der Waals surface area contributed by atoms with Crippen LogP contribution in [0.2, 0.25) is 0 Å². The summed E-state index contributed by atoms with van der Waals surface area (Å²) in [5, 5.41) is 2.87. The molecular weight excluding hydrogens is 435 g/mol. The zero-order chi connectivity index (χ0) is 23.6. The molecule has 6 nitrogen and oxygen atoms in total. The third-order valence-electron chi connectivity index (χ3n) is 5.42. The van der Waals surface area contributed by atoms with Gasteiger partial charge in [0.15, 0.2) is 5.78 Å². The minimum Gasteiger partial charge on any atom is -0.358 e. The number of pyridine rings is 1. The minimum absolute atomic E-state index is 0.0241. The van der Waals surface area contributed by atoms with Crippen molar-refractivity contribution < 1.29 is 27.6 Å². The Labute approximate surface area is 187 Å². The number of hydrogen-bond donors (Lipinski definition) is 2. The summed E-state index contributed by atoms with van der Waals surface area (Å²) >= 11 is 0. The van der Waals surface area contributed by atoms with Gasteiger partial charge in [-0.3, -0.25) is 19.4 Å². The predicted molar refractivity (Wildman–Crippen MR) is 115 cm³/mol. The van der Waals surface area contributed by atoms with Crippen LogP contribution in [0.4, 0.5) is 13.2 Å². The zero-order valence-corrected chi connectivity index (χ0v) is 17.4. The fraction of sp³-hybridized carbons (Fsp3) is 0.250. The van der Waals surface area contributed by atoms with Gasteiger partial charge < -0.3 is 10.3 Å². The van der Waals surface area contributed by atoms with Crippen LogP contribution < -0.4 is 5.32 Å². The van der Waals surface area contributed by atoms with E-state index in [1.54, 1.807) is 6.20 Å². The number of ketones is 1. The summed E-state index contributed by atoms with van der Waals surface area (Å²) in [6, 6.07) is 13.5. The number of carbonyl (C=O) groups is 3. The molecule has 1 fully saturated rings. The number of amides is 1. The Bertz CT molecular complexity index is 1200. The molecule has 2 aliphatic rings. The number of alkyl halides is 3. The number of H-pyrrole nitrogens is 1. The number of Topliss-reactive ketones (excluding diaryl/α,β-unsaturated/α-hetero) is 1. The zero-order valence-electron chi connectivity index (χ0n) is 17.4. The highest BCUT2D eigenvalue weighted by Crippen LogP contribution is 2.33. The summed E-state index contributed by atoms with van der Waals surface area (Å²) in [7, 11) is 0. The van der Waals surface area contributed by atoms with Crippen molar-refractivity contribution in [1.29, 1.82) is 0 Å². The summed E-state index contributed by atoms with van der Waals surface area (Å²) in [6.07, 6.45) is -1.08. The lowest BCUT2D eigenvalue weighted by Crippen LogP contribution is -2.31. The molecule has 2 N–H and O–H groups in total. The number of nitrogens with zero attached hydrogens (tertiary/aromatic N) is 1. The van der Waals surface area contributed by atoms with Crippen LogP contribution in [0.3, 0.4) is 0 Å². The van der Waals surface area contributed by atoms with Gasteiger partial charge >= 0.3 is 6.18 Å². The van der Waals surface area contributed by atoms with Gasteiger partial charge in [0, 0.05) is 53.2 Å². The Morgan fingerprint density at radius 1 is 1.06 bits per heavy atom. The van der Waals surface area contributed by atoms with Crippen LogP contribution in [0.15, 0.2) is 48.7 Å². The number of aldehydes is 1. The lowest BCUT2D eigenvalue weighted by atomic mass is 10.0. The van der Waals surface area contributed by atoms with Gasteiger partial charge in [-0.25, -0.2) is 0 Å². The van der Waals surface area contributed by atoms with Crippen LogP contribution in [0.25, 0.3) is 22.5 Å². The molecule has 1 aromatic carbocycles. The summed E-state index contributed by atoms with van der Waals surface area (Å²) < 4.78 is 31.2. The molecule has 9 heteroatoms. The van der Waals surface area contributed by atoms with E-state index in [0.717, 1.165) is 58.6 Å². The fourth-order valence-electron chi connectivity index (χ4n) is 3.59. The highest BCUT2D eigenvalue weighted by molar-refractivity contribution is 5.99. The maximum atomic E-state index is 12.2. The van der Waals surface area contributed by atoms with Crippen molar-refractivity contribution in [2.75, 3.05) is 6.54 Å². The molecule has 3 aromatic rings. The maximum absolute atomic E-state index is 12.2. The second-order valence-corrected chi connectivity index (χ2v) is 7.89. The number of aromatic nitrogens is 2. The van der Waals surface area contributed by atoms with E-state index in [0.29, 0.717) is 6.54 Å². The Kier molecular flexibility index (Phi) is 6.13. The molecule has 0 unspecified atom stereocenters. The average molecular weight is 455 g/mol. The van der Waals surface area contributed by atoms with Gasteiger partial charge in [0.2, 0.25) is 6.29 Å². The molecule has 3 heterocycles. The number of carbonyl (C=O) groups excluding carboxylic acids is 3. The number of halogens is 3. The van der Waals surface area contributed by atoms with Gasteiger partial charge in [-0.1, -0.05) is 24.3 Å². The number of nitrogens with one attached hydrogen (secondary N) is 2. The molecule has 0 spiro atoms. The molecule has 170 valence electrons. The van der Waals surface area contributed by atoms with E-state index in [2.05, 4.69) is 15.3 Å². The van der Waals surface area contributed by atoms with Crippen molar-refractivity contribution in [3.63, 3.8) is 0 Å². The first-order valence-corrected chi connectivity index (χ1v) is 10.4.